The highest BCUT2D eigenvalue weighted by Crippen LogP contribution is 2.18. The number of amides is 1. The van der Waals surface area contributed by atoms with Gasteiger partial charge in [0.2, 0.25) is 0 Å². The third-order valence-corrected chi connectivity index (χ3v) is 3.78. The molecule has 1 fully saturated rings. The Bertz CT molecular complexity index is 422. The molecule has 1 amide bonds. The van der Waals surface area contributed by atoms with Crippen molar-refractivity contribution in [2.45, 2.75) is 39.7 Å². The van der Waals surface area contributed by atoms with E-state index in [1.54, 1.807) is 6.92 Å². The number of nitrogens with zero attached hydrogens (tertiary/aromatic N) is 2. The lowest BCUT2D eigenvalue weighted by atomic mass is 9.96. The molecule has 1 N–H and O–H groups in total. The Morgan fingerprint density at radius 3 is 2.74 bits per heavy atom. The van der Waals surface area contributed by atoms with Gasteiger partial charge in [-0.25, -0.2) is 0 Å². The van der Waals surface area contributed by atoms with Crippen molar-refractivity contribution in [3.63, 3.8) is 0 Å². The highest BCUT2D eigenvalue weighted by atomic mass is 16.5. The van der Waals surface area contributed by atoms with E-state index in [2.05, 4.69) is 24.3 Å². The van der Waals surface area contributed by atoms with Crippen molar-refractivity contribution in [1.29, 1.82) is 0 Å². The summed E-state index contributed by atoms with van der Waals surface area (Å²) in [7, 11) is 0. The first-order valence-electron chi connectivity index (χ1n) is 7.02. The molecule has 1 saturated heterocycles. The first-order valence-corrected chi connectivity index (χ1v) is 7.02. The average molecular weight is 265 g/mol. The van der Waals surface area contributed by atoms with Crippen molar-refractivity contribution in [2.24, 2.45) is 5.92 Å². The third kappa shape index (κ3) is 3.35. The molecule has 19 heavy (non-hydrogen) atoms. The van der Waals surface area contributed by atoms with Gasteiger partial charge in [-0.15, -0.1) is 0 Å². The first-order chi connectivity index (χ1) is 9.09. The van der Waals surface area contributed by atoms with Gasteiger partial charge in [-0.3, -0.25) is 4.79 Å². The minimum absolute atomic E-state index is 0.0345. The van der Waals surface area contributed by atoms with Crippen LogP contribution in [0.3, 0.4) is 0 Å². The molecule has 1 aliphatic heterocycles. The quantitative estimate of drug-likeness (QED) is 0.902. The fourth-order valence-electron chi connectivity index (χ4n) is 2.53. The van der Waals surface area contributed by atoms with Gasteiger partial charge in [0.05, 0.1) is 6.20 Å². The predicted octanol–water partition coefficient (Wildman–Crippen LogP) is 1.83. The van der Waals surface area contributed by atoms with E-state index in [0.29, 0.717) is 17.2 Å². The summed E-state index contributed by atoms with van der Waals surface area (Å²) >= 11 is 0. The minimum atomic E-state index is 0.0345. The smallest absolute Gasteiger partial charge is 0.259 e. The van der Waals surface area contributed by atoms with Crippen LogP contribution in [0.2, 0.25) is 0 Å². The van der Waals surface area contributed by atoms with Crippen LogP contribution in [0, 0.1) is 12.8 Å². The zero-order chi connectivity index (χ0) is 13.8. The molecule has 1 aromatic heterocycles. The molecule has 0 aliphatic carbocycles. The summed E-state index contributed by atoms with van der Waals surface area (Å²) in [5, 5.41) is 7.05. The molecule has 2 heterocycles. The van der Waals surface area contributed by atoms with E-state index in [1.165, 1.54) is 6.20 Å². The third-order valence-electron chi connectivity index (χ3n) is 3.78. The Kier molecular flexibility index (Phi) is 4.58. The maximum atomic E-state index is 12.6. The van der Waals surface area contributed by atoms with Crippen LogP contribution in [0.1, 0.15) is 42.8 Å². The molecule has 0 spiro atoms. The van der Waals surface area contributed by atoms with Gasteiger partial charge in [0.25, 0.3) is 5.91 Å². The molecule has 0 radical (unpaired) electrons. The Hall–Kier alpha value is -1.36. The lowest BCUT2D eigenvalue weighted by Crippen LogP contribution is -2.43. The monoisotopic (exact) mass is 265 g/mol. The topological polar surface area (TPSA) is 58.4 Å². The Labute approximate surface area is 114 Å². The number of hydrogen-bond acceptors (Lipinski definition) is 4. The zero-order valence-corrected chi connectivity index (χ0v) is 12.0. The summed E-state index contributed by atoms with van der Waals surface area (Å²) < 4.78 is 5.00. The second kappa shape index (κ2) is 6.19. The molecule has 1 aliphatic rings. The van der Waals surface area contributed by atoms with Gasteiger partial charge in [0.15, 0.2) is 0 Å². The maximum Gasteiger partial charge on any atom is 0.259 e. The highest BCUT2D eigenvalue weighted by Gasteiger charge is 2.26. The van der Waals surface area contributed by atoms with E-state index >= 15 is 0 Å². The van der Waals surface area contributed by atoms with Gasteiger partial charge in [0, 0.05) is 12.6 Å². The molecule has 106 valence electrons. The van der Waals surface area contributed by atoms with Crippen LogP contribution in [-0.2, 0) is 0 Å². The Balaban J connectivity index is 2.07. The molecule has 0 saturated carbocycles. The predicted molar refractivity (Wildman–Crippen MR) is 73.0 cm³/mol. The van der Waals surface area contributed by atoms with Crippen molar-refractivity contribution < 1.29 is 9.32 Å². The molecule has 0 atom stereocenters. The summed E-state index contributed by atoms with van der Waals surface area (Å²) in [4.78, 5) is 14.5. The van der Waals surface area contributed by atoms with Crippen molar-refractivity contribution in [1.82, 2.24) is 15.4 Å². The van der Waals surface area contributed by atoms with Crippen molar-refractivity contribution in [3.8, 4) is 0 Å². The van der Waals surface area contributed by atoms with Gasteiger partial charge in [-0.2, -0.15) is 0 Å². The molecular weight excluding hydrogens is 242 g/mol. The normalized spacial score (nSPS) is 16.8. The summed E-state index contributed by atoms with van der Waals surface area (Å²) in [6.07, 6.45) is 3.80. The largest absolute Gasteiger partial charge is 0.361 e. The zero-order valence-electron chi connectivity index (χ0n) is 12.0. The number of piperidine rings is 1. The Morgan fingerprint density at radius 1 is 1.53 bits per heavy atom. The molecule has 0 unspecified atom stereocenters. The number of aromatic nitrogens is 1. The lowest BCUT2D eigenvalue weighted by molar-refractivity contribution is 0.0656. The van der Waals surface area contributed by atoms with Crippen LogP contribution < -0.4 is 5.32 Å². The SMILES string of the molecule is Cc1oncc1C(=O)N(CC1CCNCC1)C(C)C. The minimum Gasteiger partial charge on any atom is -0.361 e. The summed E-state index contributed by atoms with van der Waals surface area (Å²) in [6.45, 7) is 8.82. The fourth-order valence-corrected chi connectivity index (χ4v) is 2.53. The van der Waals surface area contributed by atoms with Crippen molar-refractivity contribution in [3.05, 3.63) is 17.5 Å². The second-order valence-electron chi connectivity index (χ2n) is 5.54. The van der Waals surface area contributed by atoms with Crippen LogP contribution in [-0.4, -0.2) is 41.6 Å². The number of carbonyl (C=O) groups is 1. The summed E-state index contributed by atoms with van der Waals surface area (Å²) in [6, 6.07) is 0.191. The molecule has 0 aromatic carbocycles. The second-order valence-corrected chi connectivity index (χ2v) is 5.54. The van der Waals surface area contributed by atoms with E-state index in [1.807, 2.05) is 4.90 Å². The number of carbonyl (C=O) groups excluding carboxylic acids is 1. The summed E-state index contributed by atoms with van der Waals surface area (Å²) in [5.41, 5.74) is 0.586. The lowest BCUT2D eigenvalue weighted by Gasteiger charge is -2.32. The maximum absolute atomic E-state index is 12.6. The van der Waals surface area contributed by atoms with E-state index < -0.39 is 0 Å². The number of aryl methyl sites for hydroxylation is 1. The average Bonchev–Trinajstić information content (AvgIpc) is 2.82. The molecular formula is C14H23N3O2. The van der Waals surface area contributed by atoms with Crippen LogP contribution in [0.15, 0.2) is 10.7 Å². The molecule has 2 rings (SSSR count). The number of nitrogens with one attached hydrogen (secondary N) is 1. The van der Waals surface area contributed by atoms with Gasteiger partial charge in [0.1, 0.15) is 11.3 Å². The van der Waals surface area contributed by atoms with Crippen LogP contribution >= 0.6 is 0 Å². The van der Waals surface area contributed by atoms with Crippen LogP contribution in [0.4, 0.5) is 0 Å². The van der Waals surface area contributed by atoms with E-state index in [9.17, 15) is 4.79 Å². The van der Waals surface area contributed by atoms with E-state index in [4.69, 9.17) is 4.52 Å². The first kappa shape index (κ1) is 14.1. The molecule has 5 nitrogen and oxygen atoms in total. The summed E-state index contributed by atoms with van der Waals surface area (Å²) in [5.74, 6) is 1.22. The van der Waals surface area contributed by atoms with Gasteiger partial charge in [-0.05, 0) is 52.6 Å². The van der Waals surface area contributed by atoms with Crippen molar-refractivity contribution in [2.75, 3.05) is 19.6 Å². The molecule has 0 bridgehead atoms. The standard InChI is InChI=1S/C14H23N3O2/c1-10(2)17(9-12-4-6-15-7-5-12)14(18)13-8-16-19-11(13)3/h8,10,12,15H,4-7,9H2,1-3H3. The molecule has 5 heteroatoms. The van der Waals surface area contributed by atoms with Gasteiger partial charge < -0.3 is 14.7 Å². The Morgan fingerprint density at radius 2 is 2.21 bits per heavy atom. The van der Waals surface area contributed by atoms with Crippen LogP contribution in [0.5, 0.6) is 0 Å². The fraction of sp³-hybridized carbons (Fsp3) is 0.714. The van der Waals surface area contributed by atoms with E-state index in [0.717, 1.165) is 32.5 Å². The van der Waals surface area contributed by atoms with E-state index in [-0.39, 0.29) is 11.9 Å². The highest BCUT2D eigenvalue weighted by molar-refractivity contribution is 5.94. The molecule has 1 aromatic rings. The van der Waals surface area contributed by atoms with Crippen molar-refractivity contribution >= 4 is 5.91 Å². The van der Waals surface area contributed by atoms with Gasteiger partial charge >= 0.3 is 0 Å². The van der Waals surface area contributed by atoms with Crippen LogP contribution in [0.25, 0.3) is 0 Å². The van der Waals surface area contributed by atoms with Gasteiger partial charge in [-0.1, -0.05) is 5.16 Å². The number of hydrogen-bond donors (Lipinski definition) is 1. The number of rotatable bonds is 4.